The van der Waals surface area contributed by atoms with E-state index in [1.54, 1.807) is 0 Å². The standard InChI is InChI=1S/C14H10FN3O5/c15-9-3-1-7(6-12(9)18(22)23)13(19)17-11-5-8(14(20)21)2-4-10(11)16/h1-6H,16H2,(H,17,19)(H,20,21). The van der Waals surface area contributed by atoms with E-state index in [0.717, 1.165) is 24.3 Å². The molecule has 0 heterocycles. The van der Waals surface area contributed by atoms with E-state index in [9.17, 15) is 24.1 Å². The van der Waals surface area contributed by atoms with Crippen LogP contribution in [0.2, 0.25) is 0 Å². The molecule has 0 bridgehead atoms. The van der Waals surface area contributed by atoms with Crippen molar-refractivity contribution in [3.05, 3.63) is 63.5 Å². The molecular weight excluding hydrogens is 309 g/mol. The van der Waals surface area contributed by atoms with Gasteiger partial charge >= 0.3 is 11.7 Å². The summed E-state index contributed by atoms with van der Waals surface area (Å²) in [5, 5.41) is 21.9. The molecule has 0 aliphatic heterocycles. The third kappa shape index (κ3) is 3.40. The van der Waals surface area contributed by atoms with E-state index in [2.05, 4.69) is 5.32 Å². The average Bonchev–Trinajstić information content (AvgIpc) is 2.49. The third-order valence-corrected chi connectivity index (χ3v) is 2.95. The van der Waals surface area contributed by atoms with Gasteiger partial charge in [-0.2, -0.15) is 4.39 Å². The van der Waals surface area contributed by atoms with Gasteiger partial charge in [-0.15, -0.1) is 0 Å². The molecule has 0 saturated heterocycles. The van der Waals surface area contributed by atoms with Crippen LogP contribution in [0.3, 0.4) is 0 Å². The lowest BCUT2D eigenvalue weighted by molar-refractivity contribution is -0.387. The number of hydrogen-bond acceptors (Lipinski definition) is 5. The summed E-state index contributed by atoms with van der Waals surface area (Å²) in [4.78, 5) is 32.7. The zero-order chi connectivity index (χ0) is 17.1. The molecule has 0 unspecified atom stereocenters. The van der Waals surface area contributed by atoms with E-state index in [1.807, 2.05) is 0 Å². The molecule has 0 aromatic heterocycles. The Bertz CT molecular complexity index is 822. The topological polar surface area (TPSA) is 136 Å². The molecule has 1 amide bonds. The van der Waals surface area contributed by atoms with Crippen molar-refractivity contribution in [2.24, 2.45) is 0 Å². The molecule has 0 aliphatic rings. The number of amides is 1. The second kappa shape index (κ2) is 6.10. The fourth-order valence-electron chi connectivity index (χ4n) is 1.79. The number of benzene rings is 2. The van der Waals surface area contributed by atoms with Gasteiger partial charge in [0.1, 0.15) is 0 Å². The Morgan fingerprint density at radius 1 is 1.17 bits per heavy atom. The number of nitrogens with zero attached hydrogens (tertiary/aromatic N) is 1. The molecule has 0 radical (unpaired) electrons. The summed E-state index contributed by atoms with van der Waals surface area (Å²) in [7, 11) is 0. The van der Waals surface area contributed by atoms with Gasteiger partial charge in [0.05, 0.1) is 21.9 Å². The first-order valence-corrected chi connectivity index (χ1v) is 6.17. The lowest BCUT2D eigenvalue weighted by atomic mass is 10.1. The van der Waals surface area contributed by atoms with Crippen molar-refractivity contribution >= 4 is 28.9 Å². The molecule has 9 heteroatoms. The maximum atomic E-state index is 13.3. The highest BCUT2D eigenvalue weighted by Crippen LogP contribution is 2.23. The van der Waals surface area contributed by atoms with Gasteiger partial charge in [-0.25, -0.2) is 4.79 Å². The number of carboxylic acid groups (broad SMARTS) is 1. The van der Waals surface area contributed by atoms with Crippen molar-refractivity contribution < 1.29 is 24.0 Å². The number of nitrogens with two attached hydrogens (primary N) is 1. The van der Waals surface area contributed by atoms with Crippen molar-refractivity contribution in [3.8, 4) is 0 Å². The summed E-state index contributed by atoms with van der Waals surface area (Å²) < 4.78 is 13.3. The van der Waals surface area contributed by atoms with Gasteiger partial charge in [0, 0.05) is 11.6 Å². The fourth-order valence-corrected chi connectivity index (χ4v) is 1.79. The second-order valence-corrected chi connectivity index (χ2v) is 4.48. The number of carbonyl (C=O) groups excluding carboxylic acids is 1. The zero-order valence-corrected chi connectivity index (χ0v) is 11.4. The molecule has 2 aromatic carbocycles. The summed E-state index contributed by atoms with van der Waals surface area (Å²) in [5.74, 6) is -3.07. The van der Waals surface area contributed by atoms with Crippen LogP contribution in [0.15, 0.2) is 36.4 Å². The largest absolute Gasteiger partial charge is 0.478 e. The van der Waals surface area contributed by atoms with Crippen molar-refractivity contribution in [2.45, 2.75) is 0 Å². The van der Waals surface area contributed by atoms with Crippen LogP contribution >= 0.6 is 0 Å². The van der Waals surface area contributed by atoms with Gasteiger partial charge in [-0.3, -0.25) is 14.9 Å². The molecule has 0 aliphatic carbocycles. The number of carboxylic acids is 1. The smallest absolute Gasteiger partial charge is 0.335 e. The Morgan fingerprint density at radius 2 is 1.83 bits per heavy atom. The minimum Gasteiger partial charge on any atom is -0.478 e. The molecule has 0 atom stereocenters. The monoisotopic (exact) mass is 319 g/mol. The van der Waals surface area contributed by atoms with E-state index >= 15 is 0 Å². The molecule has 2 aromatic rings. The first kappa shape index (κ1) is 15.9. The number of rotatable bonds is 4. The number of halogens is 1. The lowest BCUT2D eigenvalue weighted by Crippen LogP contribution is -2.14. The van der Waals surface area contributed by atoms with E-state index in [1.165, 1.54) is 12.1 Å². The van der Waals surface area contributed by atoms with E-state index in [0.29, 0.717) is 0 Å². The predicted molar refractivity (Wildman–Crippen MR) is 78.8 cm³/mol. The molecule has 0 saturated carbocycles. The van der Waals surface area contributed by atoms with Crippen molar-refractivity contribution in [1.29, 1.82) is 0 Å². The summed E-state index contributed by atoms with van der Waals surface area (Å²) in [6, 6.07) is 6.34. The number of hydrogen-bond donors (Lipinski definition) is 3. The van der Waals surface area contributed by atoms with E-state index in [4.69, 9.17) is 10.8 Å². The Hall–Kier alpha value is -3.49. The average molecular weight is 319 g/mol. The van der Waals surface area contributed by atoms with Crippen molar-refractivity contribution in [3.63, 3.8) is 0 Å². The molecule has 4 N–H and O–H groups in total. The van der Waals surface area contributed by atoms with Gasteiger partial charge in [-0.1, -0.05) is 0 Å². The first-order valence-electron chi connectivity index (χ1n) is 6.17. The third-order valence-electron chi connectivity index (χ3n) is 2.95. The minimum absolute atomic E-state index is 0.0295. The summed E-state index contributed by atoms with van der Waals surface area (Å²) in [6.07, 6.45) is 0. The second-order valence-electron chi connectivity index (χ2n) is 4.48. The van der Waals surface area contributed by atoms with Crippen LogP contribution < -0.4 is 11.1 Å². The molecule has 0 fully saturated rings. The zero-order valence-electron chi connectivity index (χ0n) is 11.4. The predicted octanol–water partition coefficient (Wildman–Crippen LogP) is 2.27. The van der Waals surface area contributed by atoms with Gasteiger partial charge < -0.3 is 16.2 Å². The Balaban J connectivity index is 2.33. The molecule has 23 heavy (non-hydrogen) atoms. The Morgan fingerprint density at radius 3 is 2.43 bits per heavy atom. The number of nitrogen functional groups attached to an aromatic ring is 1. The Kier molecular flexibility index (Phi) is 4.21. The first-order chi connectivity index (χ1) is 10.8. The number of nitrogens with one attached hydrogen (secondary N) is 1. The highest BCUT2D eigenvalue weighted by Gasteiger charge is 2.18. The van der Waals surface area contributed by atoms with E-state index < -0.39 is 28.3 Å². The fraction of sp³-hybridized carbons (Fsp3) is 0. The highest BCUT2D eigenvalue weighted by molar-refractivity contribution is 6.06. The van der Waals surface area contributed by atoms with Crippen molar-refractivity contribution in [1.82, 2.24) is 0 Å². The molecule has 8 nitrogen and oxygen atoms in total. The van der Waals surface area contributed by atoms with Gasteiger partial charge in [0.15, 0.2) is 0 Å². The van der Waals surface area contributed by atoms with Crippen LogP contribution in [0.25, 0.3) is 0 Å². The Labute approximate surface area is 128 Å². The quantitative estimate of drug-likeness (QED) is 0.449. The van der Waals surface area contributed by atoms with Crippen LogP contribution in [0, 0.1) is 15.9 Å². The van der Waals surface area contributed by atoms with Crippen LogP contribution in [0.1, 0.15) is 20.7 Å². The summed E-state index contributed by atoms with van der Waals surface area (Å²) in [6.45, 7) is 0. The van der Waals surface area contributed by atoms with Gasteiger partial charge in [0.2, 0.25) is 5.82 Å². The number of anilines is 2. The maximum Gasteiger partial charge on any atom is 0.335 e. The number of nitro groups is 1. The van der Waals surface area contributed by atoms with Crippen LogP contribution in [0.5, 0.6) is 0 Å². The normalized spacial score (nSPS) is 10.1. The number of aromatic carboxylic acids is 1. The van der Waals surface area contributed by atoms with Crippen molar-refractivity contribution in [2.75, 3.05) is 11.1 Å². The van der Waals surface area contributed by atoms with Gasteiger partial charge in [-0.05, 0) is 30.3 Å². The van der Waals surface area contributed by atoms with Gasteiger partial charge in [0.25, 0.3) is 5.91 Å². The molecule has 118 valence electrons. The lowest BCUT2D eigenvalue weighted by Gasteiger charge is -2.09. The summed E-state index contributed by atoms with van der Waals surface area (Å²) >= 11 is 0. The van der Waals surface area contributed by atoms with Crippen LogP contribution in [-0.2, 0) is 0 Å². The number of carbonyl (C=O) groups is 2. The molecular formula is C14H10FN3O5. The SMILES string of the molecule is Nc1ccc(C(=O)O)cc1NC(=O)c1ccc(F)c([N+](=O)[O-])c1. The number of nitro benzene ring substituents is 1. The molecule has 2 rings (SSSR count). The van der Waals surface area contributed by atoms with Crippen LogP contribution in [-0.4, -0.2) is 21.9 Å². The highest BCUT2D eigenvalue weighted by atomic mass is 19.1. The van der Waals surface area contributed by atoms with E-state index in [-0.39, 0.29) is 22.5 Å². The maximum absolute atomic E-state index is 13.3. The minimum atomic E-state index is -1.21. The summed E-state index contributed by atoms with van der Waals surface area (Å²) in [5.41, 5.74) is 4.67. The molecule has 0 spiro atoms. The van der Waals surface area contributed by atoms with Crippen LogP contribution in [0.4, 0.5) is 21.5 Å².